The number of rotatable bonds is 39. The second kappa shape index (κ2) is 38.4. The average molecular weight is 650 g/mol. The van der Waals surface area contributed by atoms with Gasteiger partial charge in [-0.2, -0.15) is 0 Å². The van der Waals surface area contributed by atoms with Gasteiger partial charge in [0.05, 0.1) is 5.92 Å². The van der Waals surface area contributed by atoms with Crippen LogP contribution in [0.1, 0.15) is 245 Å². The van der Waals surface area contributed by atoms with E-state index in [4.69, 9.17) is 0 Å². The maximum Gasteiger partial charge on any atom is 0.306 e. The Bertz CT molecular complexity index is 622. The lowest BCUT2D eigenvalue weighted by Crippen LogP contribution is -2.27. The summed E-state index contributed by atoms with van der Waals surface area (Å²) in [6.07, 6.45) is 46.0. The fourth-order valence-electron chi connectivity index (χ4n) is 6.81. The summed E-state index contributed by atoms with van der Waals surface area (Å²) in [6.45, 7) is 5.06. The second-order valence-electron chi connectivity index (χ2n) is 14.7. The number of carboxylic acid groups (broad SMARTS) is 1. The summed E-state index contributed by atoms with van der Waals surface area (Å²) in [5.74, 6) is -0.942. The van der Waals surface area contributed by atoms with Crippen molar-refractivity contribution >= 4 is 11.9 Å². The monoisotopic (exact) mass is 650 g/mol. The lowest BCUT2D eigenvalue weighted by Gasteiger charge is -2.13. The van der Waals surface area contributed by atoms with Crippen LogP contribution in [0.25, 0.3) is 0 Å². The van der Waals surface area contributed by atoms with E-state index in [2.05, 4.69) is 19.2 Å². The van der Waals surface area contributed by atoms with Crippen molar-refractivity contribution in [2.75, 3.05) is 6.54 Å². The van der Waals surface area contributed by atoms with Crippen molar-refractivity contribution in [2.24, 2.45) is 5.92 Å². The Morgan fingerprint density at radius 1 is 0.413 bits per heavy atom. The van der Waals surface area contributed by atoms with Crippen LogP contribution in [0.2, 0.25) is 0 Å². The van der Waals surface area contributed by atoms with Gasteiger partial charge in [-0.25, -0.2) is 0 Å². The highest BCUT2D eigenvalue weighted by atomic mass is 16.4. The Balaban J connectivity index is 3.47. The van der Waals surface area contributed by atoms with Crippen molar-refractivity contribution in [1.82, 2.24) is 5.32 Å². The predicted molar refractivity (Wildman–Crippen MR) is 202 cm³/mol. The fraction of sp³-hybridized carbons (Fsp3) is 0.952. The molecule has 1 unspecified atom stereocenters. The van der Waals surface area contributed by atoms with Gasteiger partial charge in [0.15, 0.2) is 0 Å². The molecule has 1 atom stereocenters. The van der Waals surface area contributed by atoms with E-state index in [1.807, 2.05) is 0 Å². The van der Waals surface area contributed by atoms with Crippen LogP contribution in [-0.4, -0.2) is 23.5 Å². The molecule has 46 heavy (non-hydrogen) atoms. The Morgan fingerprint density at radius 2 is 0.696 bits per heavy atom. The highest BCUT2D eigenvalue weighted by Gasteiger charge is 2.17. The first-order valence-electron chi connectivity index (χ1n) is 21.1. The number of aliphatic carboxylic acids is 1. The molecule has 0 bridgehead atoms. The first kappa shape index (κ1) is 44.9. The molecule has 0 spiro atoms. The van der Waals surface area contributed by atoms with E-state index < -0.39 is 5.97 Å². The zero-order chi connectivity index (χ0) is 33.6. The van der Waals surface area contributed by atoms with Gasteiger partial charge in [-0.15, -0.1) is 0 Å². The molecule has 0 fully saturated rings. The maximum absolute atomic E-state index is 12.2. The molecule has 0 rings (SSSR count). The number of carbonyl (C=O) groups is 2. The average Bonchev–Trinajstić information content (AvgIpc) is 3.05. The third-order valence-electron chi connectivity index (χ3n) is 10.1. The number of carbonyl (C=O) groups excluding carboxylic acids is 1. The summed E-state index contributed by atoms with van der Waals surface area (Å²) >= 11 is 0. The van der Waals surface area contributed by atoms with Crippen LogP contribution >= 0.6 is 0 Å². The van der Waals surface area contributed by atoms with Crippen molar-refractivity contribution in [3.63, 3.8) is 0 Å². The summed E-state index contributed by atoms with van der Waals surface area (Å²) in [6, 6.07) is 0. The Labute approximate surface area is 288 Å². The van der Waals surface area contributed by atoms with Crippen LogP contribution in [0.4, 0.5) is 0 Å². The minimum atomic E-state index is -0.705. The van der Waals surface area contributed by atoms with Crippen molar-refractivity contribution in [1.29, 1.82) is 0 Å². The van der Waals surface area contributed by atoms with Gasteiger partial charge in [-0.05, 0) is 19.3 Å². The molecule has 0 heterocycles. The van der Waals surface area contributed by atoms with Crippen LogP contribution in [0.3, 0.4) is 0 Å². The first-order chi connectivity index (χ1) is 22.6. The van der Waals surface area contributed by atoms with Crippen molar-refractivity contribution in [3.05, 3.63) is 0 Å². The van der Waals surface area contributed by atoms with Gasteiger partial charge in [-0.1, -0.05) is 219 Å². The molecule has 0 aromatic carbocycles. The minimum Gasteiger partial charge on any atom is -0.481 e. The summed E-state index contributed by atoms with van der Waals surface area (Å²) < 4.78 is 0. The van der Waals surface area contributed by atoms with Gasteiger partial charge in [0.25, 0.3) is 0 Å². The Morgan fingerprint density at radius 3 is 1.00 bits per heavy atom. The fourth-order valence-corrected chi connectivity index (χ4v) is 6.81. The number of amides is 1. The van der Waals surface area contributed by atoms with Crippen LogP contribution < -0.4 is 5.32 Å². The molecule has 0 aromatic heterocycles. The van der Waals surface area contributed by atoms with Gasteiger partial charge >= 0.3 is 5.97 Å². The Kier molecular flexibility index (Phi) is 37.5. The van der Waals surface area contributed by atoms with Gasteiger partial charge in [0, 0.05) is 13.0 Å². The molecule has 2 N–H and O–H groups in total. The smallest absolute Gasteiger partial charge is 0.306 e. The van der Waals surface area contributed by atoms with E-state index in [9.17, 15) is 14.7 Å². The minimum absolute atomic E-state index is 0.0898. The van der Waals surface area contributed by atoms with Crippen molar-refractivity contribution < 1.29 is 14.7 Å². The first-order valence-corrected chi connectivity index (χ1v) is 21.1. The second-order valence-corrected chi connectivity index (χ2v) is 14.7. The zero-order valence-electron chi connectivity index (χ0n) is 31.5. The normalized spacial score (nSPS) is 12.0. The standard InChI is InChI=1S/C42H83NO3/c1-3-5-7-9-11-13-15-17-19-20-21-23-24-26-28-30-32-34-36-40(42(45)46)38-39-43-41(44)37-35-33-31-29-27-25-22-18-16-14-12-10-8-6-4-2/h40H,3-39H2,1-2H3,(H,43,44)(H,45,46). The van der Waals surface area contributed by atoms with E-state index in [-0.39, 0.29) is 11.8 Å². The molecule has 0 radical (unpaired) electrons. The van der Waals surface area contributed by atoms with Gasteiger partial charge in [-0.3, -0.25) is 9.59 Å². The van der Waals surface area contributed by atoms with Gasteiger partial charge < -0.3 is 10.4 Å². The third-order valence-corrected chi connectivity index (χ3v) is 10.1. The van der Waals surface area contributed by atoms with Crippen LogP contribution in [0.15, 0.2) is 0 Å². The van der Waals surface area contributed by atoms with Crippen LogP contribution in [0.5, 0.6) is 0 Å². The van der Waals surface area contributed by atoms with Crippen LogP contribution in [-0.2, 0) is 9.59 Å². The quantitative estimate of drug-likeness (QED) is 0.0651. The van der Waals surface area contributed by atoms with Gasteiger partial charge in [0.2, 0.25) is 5.91 Å². The van der Waals surface area contributed by atoms with E-state index in [1.54, 1.807) is 0 Å². The molecular formula is C42H83NO3. The zero-order valence-corrected chi connectivity index (χ0v) is 31.5. The lowest BCUT2D eigenvalue weighted by atomic mass is 9.97. The number of unbranched alkanes of at least 4 members (excludes halogenated alkanes) is 31. The largest absolute Gasteiger partial charge is 0.481 e. The van der Waals surface area contributed by atoms with E-state index in [1.165, 1.54) is 186 Å². The number of hydrogen-bond acceptors (Lipinski definition) is 2. The molecule has 0 aromatic rings. The summed E-state index contributed by atoms with van der Waals surface area (Å²) in [7, 11) is 0. The highest BCUT2D eigenvalue weighted by Crippen LogP contribution is 2.18. The van der Waals surface area contributed by atoms with Gasteiger partial charge in [0.1, 0.15) is 0 Å². The van der Waals surface area contributed by atoms with Crippen LogP contribution in [0, 0.1) is 5.92 Å². The predicted octanol–water partition coefficient (Wildman–Crippen LogP) is 13.9. The molecule has 0 saturated carbocycles. The van der Waals surface area contributed by atoms with E-state index in [0.29, 0.717) is 19.4 Å². The Hall–Kier alpha value is -1.06. The molecule has 0 aliphatic carbocycles. The molecule has 0 saturated heterocycles. The number of hydrogen-bond donors (Lipinski definition) is 2. The molecule has 0 aliphatic heterocycles. The SMILES string of the molecule is CCCCCCCCCCCCCCCCCCCCC(CCNC(=O)CCCCCCCCCCCCCCCCC)C(=O)O. The summed E-state index contributed by atoms with van der Waals surface area (Å²) in [4.78, 5) is 23.9. The van der Waals surface area contributed by atoms with Crippen molar-refractivity contribution in [3.8, 4) is 0 Å². The van der Waals surface area contributed by atoms with E-state index >= 15 is 0 Å². The number of carboxylic acids is 1. The highest BCUT2D eigenvalue weighted by molar-refractivity contribution is 5.76. The third kappa shape index (κ3) is 35.8. The molecule has 0 aliphatic rings. The van der Waals surface area contributed by atoms with Crippen molar-refractivity contribution in [2.45, 2.75) is 245 Å². The number of nitrogens with one attached hydrogen (secondary N) is 1. The molecule has 1 amide bonds. The molecule has 274 valence electrons. The lowest BCUT2D eigenvalue weighted by molar-refractivity contribution is -0.142. The molecule has 4 nitrogen and oxygen atoms in total. The van der Waals surface area contributed by atoms with E-state index in [0.717, 1.165) is 32.1 Å². The summed E-state index contributed by atoms with van der Waals surface area (Å²) in [5.41, 5.74) is 0. The maximum atomic E-state index is 12.2. The molecular weight excluding hydrogens is 566 g/mol. The topological polar surface area (TPSA) is 66.4 Å². The summed E-state index contributed by atoms with van der Waals surface area (Å²) in [5, 5.41) is 12.6. The molecule has 4 heteroatoms.